The van der Waals surface area contributed by atoms with Crippen LogP contribution < -0.4 is 5.32 Å². The Hall–Kier alpha value is -4.29. The first kappa shape index (κ1) is 19.4. The molecule has 1 saturated carbocycles. The fraction of sp³-hybridized carbons (Fsp3) is 0.250. The van der Waals surface area contributed by atoms with Gasteiger partial charge in [-0.05, 0) is 37.1 Å². The number of aryl methyl sites for hydroxylation is 1. The van der Waals surface area contributed by atoms with E-state index in [0.717, 1.165) is 12.8 Å². The first-order valence-electron chi connectivity index (χ1n) is 10.1. The maximum Gasteiger partial charge on any atom is 0.350 e. The van der Waals surface area contributed by atoms with Crippen molar-refractivity contribution in [3.63, 3.8) is 0 Å². The molecule has 5 heterocycles. The summed E-state index contributed by atoms with van der Waals surface area (Å²) in [5.74, 6) is -3.47. The van der Waals surface area contributed by atoms with Crippen LogP contribution >= 0.6 is 0 Å². The van der Waals surface area contributed by atoms with Gasteiger partial charge >= 0.3 is 5.92 Å². The molecule has 166 valence electrons. The number of imidazole rings is 1. The number of rotatable bonds is 5. The summed E-state index contributed by atoms with van der Waals surface area (Å²) in [6.07, 6.45) is 4.50. The molecule has 33 heavy (non-hydrogen) atoms. The van der Waals surface area contributed by atoms with Crippen LogP contribution in [0.15, 0.2) is 41.2 Å². The number of alkyl halides is 2. The standard InChI is InChI=1S/C20H15F2N9O2/c1-10-23-17(29-33-10)12-4-6-16-26-27-19(30(16)8-12)20(21,22)13-5-7-15-24-14(9-31(15)28-13)25-18(32)11-2-3-11/h4-9,11H,2-3H2,1H3,(H,25,32). The van der Waals surface area contributed by atoms with Crippen LogP contribution in [0.25, 0.3) is 22.7 Å². The Morgan fingerprint density at radius 1 is 1.12 bits per heavy atom. The first-order chi connectivity index (χ1) is 15.9. The van der Waals surface area contributed by atoms with Gasteiger partial charge in [0.1, 0.15) is 5.69 Å². The molecule has 0 spiro atoms. The number of nitrogens with zero attached hydrogens (tertiary/aromatic N) is 8. The monoisotopic (exact) mass is 451 g/mol. The molecule has 1 amide bonds. The van der Waals surface area contributed by atoms with E-state index in [-0.39, 0.29) is 29.1 Å². The zero-order valence-corrected chi connectivity index (χ0v) is 17.1. The number of hydrogen-bond donors (Lipinski definition) is 1. The van der Waals surface area contributed by atoms with Gasteiger partial charge in [0.05, 0.1) is 6.20 Å². The predicted molar refractivity (Wildman–Crippen MR) is 108 cm³/mol. The molecule has 1 aliphatic carbocycles. The van der Waals surface area contributed by atoms with E-state index in [4.69, 9.17) is 4.52 Å². The van der Waals surface area contributed by atoms with Gasteiger partial charge in [-0.1, -0.05) is 5.16 Å². The Kier molecular flexibility index (Phi) is 4.03. The molecule has 1 N–H and O–H groups in total. The zero-order chi connectivity index (χ0) is 22.7. The summed E-state index contributed by atoms with van der Waals surface area (Å²) >= 11 is 0. The number of halogens is 2. The Balaban J connectivity index is 1.38. The molecular formula is C20H15F2N9O2. The number of nitrogens with one attached hydrogen (secondary N) is 1. The zero-order valence-electron chi connectivity index (χ0n) is 17.1. The van der Waals surface area contributed by atoms with Crippen molar-refractivity contribution in [2.75, 3.05) is 5.32 Å². The minimum absolute atomic E-state index is 0.00913. The summed E-state index contributed by atoms with van der Waals surface area (Å²) in [6.45, 7) is 1.63. The van der Waals surface area contributed by atoms with Gasteiger partial charge in [0.25, 0.3) is 0 Å². The molecule has 5 aromatic heterocycles. The quantitative estimate of drug-likeness (QED) is 0.432. The Bertz CT molecular complexity index is 1530. The second kappa shape index (κ2) is 6.85. The number of carbonyl (C=O) groups excluding carboxylic acids is 1. The number of fused-ring (bicyclic) bond motifs is 2. The number of hydrogen-bond acceptors (Lipinski definition) is 8. The van der Waals surface area contributed by atoms with Crippen molar-refractivity contribution >= 4 is 23.0 Å². The Morgan fingerprint density at radius 2 is 1.94 bits per heavy atom. The third-order valence-corrected chi connectivity index (χ3v) is 5.31. The smallest absolute Gasteiger partial charge is 0.339 e. The molecule has 1 fully saturated rings. The third kappa shape index (κ3) is 3.28. The van der Waals surface area contributed by atoms with E-state index in [1.807, 2.05) is 0 Å². The second-order valence-corrected chi connectivity index (χ2v) is 7.79. The Morgan fingerprint density at radius 3 is 2.70 bits per heavy atom. The van der Waals surface area contributed by atoms with Gasteiger partial charge in [0, 0.05) is 24.6 Å². The van der Waals surface area contributed by atoms with Gasteiger partial charge in [-0.15, -0.1) is 10.2 Å². The highest BCUT2D eigenvalue weighted by Crippen LogP contribution is 2.34. The second-order valence-electron chi connectivity index (χ2n) is 7.79. The molecule has 1 aliphatic rings. The maximum atomic E-state index is 15.5. The average Bonchev–Trinajstić information content (AvgIpc) is 3.22. The molecule has 0 saturated heterocycles. The summed E-state index contributed by atoms with van der Waals surface area (Å²) in [5.41, 5.74) is 0.455. The molecule has 0 aromatic carbocycles. The van der Waals surface area contributed by atoms with Gasteiger partial charge in [-0.25, -0.2) is 9.50 Å². The normalized spacial score (nSPS) is 14.3. The van der Waals surface area contributed by atoms with Crippen LogP contribution in [-0.2, 0) is 10.7 Å². The molecule has 0 bridgehead atoms. The molecular weight excluding hydrogens is 436 g/mol. The minimum Gasteiger partial charge on any atom is -0.339 e. The van der Waals surface area contributed by atoms with Gasteiger partial charge < -0.3 is 9.84 Å². The molecule has 13 heteroatoms. The summed E-state index contributed by atoms with van der Waals surface area (Å²) < 4.78 is 38.4. The van der Waals surface area contributed by atoms with E-state index in [1.54, 1.807) is 13.0 Å². The number of pyridine rings is 1. The van der Waals surface area contributed by atoms with Crippen molar-refractivity contribution in [2.24, 2.45) is 5.92 Å². The predicted octanol–water partition coefficient (Wildman–Crippen LogP) is 2.62. The summed E-state index contributed by atoms with van der Waals surface area (Å²) in [7, 11) is 0. The molecule has 11 nitrogen and oxygen atoms in total. The van der Waals surface area contributed by atoms with Gasteiger partial charge in [-0.2, -0.15) is 18.9 Å². The summed E-state index contributed by atoms with van der Waals surface area (Å²) in [4.78, 5) is 20.3. The van der Waals surface area contributed by atoms with Gasteiger partial charge in [0.15, 0.2) is 17.1 Å². The lowest BCUT2D eigenvalue weighted by atomic mass is 10.2. The third-order valence-electron chi connectivity index (χ3n) is 5.31. The number of aromatic nitrogens is 8. The molecule has 0 unspecified atom stereocenters. The van der Waals surface area contributed by atoms with Crippen LogP contribution in [0.1, 0.15) is 30.3 Å². The average molecular weight is 451 g/mol. The number of anilines is 1. The van der Waals surface area contributed by atoms with E-state index in [9.17, 15) is 4.79 Å². The van der Waals surface area contributed by atoms with Gasteiger partial charge in [0.2, 0.25) is 23.4 Å². The van der Waals surface area contributed by atoms with Crippen LogP contribution in [0, 0.1) is 12.8 Å². The fourth-order valence-corrected chi connectivity index (χ4v) is 3.45. The first-order valence-corrected chi connectivity index (χ1v) is 10.1. The largest absolute Gasteiger partial charge is 0.350 e. The van der Waals surface area contributed by atoms with Crippen LogP contribution in [-0.4, -0.2) is 45.2 Å². The fourth-order valence-electron chi connectivity index (χ4n) is 3.45. The van der Waals surface area contributed by atoms with Crippen LogP contribution in [0.2, 0.25) is 0 Å². The number of amides is 1. The van der Waals surface area contributed by atoms with Crippen LogP contribution in [0.5, 0.6) is 0 Å². The van der Waals surface area contributed by atoms with Crippen molar-refractivity contribution in [1.82, 2.24) is 39.3 Å². The Labute approximate surface area is 183 Å². The van der Waals surface area contributed by atoms with Crippen molar-refractivity contribution in [3.05, 3.63) is 54.1 Å². The van der Waals surface area contributed by atoms with Crippen molar-refractivity contribution < 1.29 is 18.1 Å². The molecule has 0 atom stereocenters. The topological polar surface area (TPSA) is 128 Å². The highest BCUT2D eigenvalue weighted by Gasteiger charge is 2.41. The maximum absolute atomic E-state index is 15.5. The van der Waals surface area contributed by atoms with E-state index >= 15 is 8.78 Å². The van der Waals surface area contributed by atoms with E-state index in [0.29, 0.717) is 17.1 Å². The van der Waals surface area contributed by atoms with E-state index in [2.05, 4.69) is 35.7 Å². The number of carbonyl (C=O) groups is 1. The summed E-state index contributed by atoms with van der Waals surface area (Å²) in [6, 6.07) is 5.75. The lowest BCUT2D eigenvalue weighted by Gasteiger charge is -2.14. The highest BCUT2D eigenvalue weighted by atomic mass is 19.3. The minimum atomic E-state index is -3.58. The highest BCUT2D eigenvalue weighted by molar-refractivity contribution is 5.93. The molecule has 0 radical (unpaired) electrons. The van der Waals surface area contributed by atoms with Crippen LogP contribution in [0.4, 0.5) is 14.6 Å². The molecule has 5 aromatic rings. The van der Waals surface area contributed by atoms with Crippen LogP contribution in [0.3, 0.4) is 0 Å². The lowest BCUT2D eigenvalue weighted by molar-refractivity contribution is -0.117. The van der Waals surface area contributed by atoms with Crippen molar-refractivity contribution in [1.29, 1.82) is 0 Å². The van der Waals surface area contributed by atoms with Gasteiger partial charge in [-0.3, -0.25) is 9.20 Å². The lowest BCUT2D eigenvalue weighted by Crippen LogP contribution is -2.22. The van der Waals surface area contributed by atoms with E-state index < -0.39 is 17.4 Å². The molecule has 0 aliphatic heterocycles. The summed E-state index contributed by atoms with van der Waals surface area (Å²) in [5, 5.41) is 18.1. The SMILES string of the molecule is Cc1nc(-c2ccc3nnc(C(F)(F)c4ccc5nc(NC(=O)C6CC6)cn5n4)n3c2)no1. The van der Waals surface area contributed by atoms with Crippen molar-refractivity contribution in [2.45, 2.75) is 25.7 Å². The van der Waals surface area contributed by atoms with E-state index in [1.165, 1.54) is 39.5 Å². The molecule has 6 rings (SSSR count). The van der Waals surface area contributed by atoms with Crippen molar-refractivity contribution in [3.8, 4) is 11.4 Å².